The highest BCUT2D eigenvalue weighted by Crippen LogP contribution is 2.43. The van der Waals surface area contributed by atoms with Crippen LogP contribution in [0, 0.1) is 11.8 Å². The summed E-state index contributed by atoms with van der Waals surface area (Å²) in [7, 11) is 13.3. The highest BCUT2D eigenvalue weighted by Gasteiger charge is 2.35. The lowest BCUT2D eigenvalue weighted by Gasteiger charge is -2.27. The molecule has 2 aliphatic heterocycles. The van der Waals surface area contributed by atoms with Gasteiger partial charge in [-0.3, -0.25) is 9.59 Å². The quantitative estimate of drug-likeness (QED) is 0.110. The van der Waals surface area contributed by atoms with Crippen molar-refractivity contribution < 1.29 is 29.4 Å². The van der Waals surface area contributed by atoms with E-state index in [1.54, 1.807) is 86.4 Å². The van der Waals surface area contributed by atoms with Crippen LogP contribution >= 0.6 is 86.4 Å². The predicted octanol–water partition coefficient (Wildman–Crippen LogP) is 10.2. The van der Waals surface area contributed by atoms with Gasteiger partial charge >= 0.3 is 11.9 Å². The summed E-state index contributed by atoms with van der Waals surface area (Å²) in [5.74, 6) is 2.05. The molecule has 2 amide bonds. The van der Waals surface area contributed by atoms with Crippen molar-refractivity contribution in [2.75, 3.05) is 23.0 Å². The van der Waals surface area contributed by atoms with Crippen LogP contribution in [0.15, 0.2) is 0 Å². The molecule has 8 nitrogen and oxygen atoms in total. The number of unbranched alkanes of at least 4 members (excludes halogenated alkanes) is 2. The van der Waals surface area contributed by atoms with Crippen LogP contribution < -0.4 is 10.6 Å². The van der Waals surface area contributed by atoms with Crippen molar-refractivity contribution >= 4 is 110 Å². The van der Waals surface area contributed by atoms with E-state index in [0.717, 1.165) is 36.2 Å². The normalized spacial score (nSPS) is 25.7. The third-order valence-corrected chi connectivity index (χ3v) is 20.3. The monoisotopic (exact) mass is 850 g/mol. The standard InChI is InChI=1S/2C17H31NO3S4/c1-12(2)7-5-6-8-13-9-10-22-25-17(3,4)16(21)18-14(15(19)20)11-23-24-13;1-12(2)7-5-6-8-13-9-10-22-23-11-14(15(19)20)18-16(21)17(3,4)25-24-13/h2*12-14H,5-11H2,1-4H3,(H,18,21)(H,19,20). The first-order valence-electron chi connectivity index (χ1n) is 17.7. The van der Waals surface area contributed by atoms with Gasteiger partial charge in [-0.2, -0.15) is 0 Å². The Morgan fingerprint density at radius 1 is 0.660 bits per heavy atom. The molecule has 0 aromatic heterocycles. The molecule has 292 valence electrons. The minimum absolute atomic E-state index is 0.192. The third kappa shape index (κ3) is 22.2. The first-order valence-corrected chi connectivity index (χ1v) is 27.1. The number of rotatable bonds is 12. The van der Waals surface area contributed by atoms with Crippen LogP contribution in [0.4, 0.5) is 0 Å². The molecule has 4 unspecified atom stereocenters. The van der Waals surface area contributed by atoms with Crippen molar-refractivity contribution in [3.8, 4) is 0 Å². The van der Waals surface area contributed by atoms with E-state index in [4.69, 9.17) is 0 Å². The van der Waals surface area contributed by atoms with Crippen molar-refractivity contribution in [1.82, 2.24) is 10.6 Å². The molecule has 16 heteroatoms. The fraction of sp³-hybridized carbons (Fsp3) is 0.882. The van der Waals surface area contributed by atoms with Gasteiger partial charge in [0.25, 0.3) is 0 Å². The molecule has 0 aliphatic carbocycles. The van der Waals surface area contributed by atoms with Gasteiger partial charge in [-0.1, -0.05) is 153 Å². The Morgan fingerprint density at radius 3 is 1.58 bits per heavy atom. The topological polar surface area (TPSA) is 133 Å². The second kappa shape index (κ2) is 26.5. The summed E-state index contributed by atoms with van der Waals surface area (Å²) < 4.78 is -1.26. The summed E-state index contributed by atoms with van der Waals surface area (Å²) >= 11 is 0. The maximum atomic E-state index is 12.5. The van der Waals surface area contributed by atoms with Gasteiger partial charge in [0.2, 0.25) is 11.8 Å². The van der Waals surface area contributed by atoms with E-state index in [9.17, 15) is 29.4 Å². The van der Waals surface area contributed by atoms with E-state index in [1.807, 2.05) is 27.7 Å². The Kier molecular flexibility index (Phi) is 25.8. The van der Waals surface area contributed by atoms with Gasteiger partial charge in [0.05, 0.1) is 9.49 Å². The van der Waals surface area contributed by atoms with Crippen LogP contribution in [0.5, 0.6) is 0 Å². The van der Waals surface area contributed by atoms with Gasteiger partial charge in [0.15, 0.2) is 0 Å². The summed E-state index contributed by atoms with van der Waals surface area (Å²) in [4.78, 5) is 47.6. The highest BCUT2D eigenvalue weighted by molar-refractivity contribution is 8.78. The minimum Gasteiger partial charge on any atom is -0.480 e. The number of hydrogen-bond donors (Lipinski definition) is 4. The number of carboxylic acid groups (broad SMARTS) is 2. The summed E-state index contributed by atoms with van der Waals surface area (Å²) in [6, 6.07) is -1.64. The number of carbonyl (C=O) groups excluding carboxylic acids is 2. The van der Waals surface area contributed by atoms with E-state index in [-0.39, 0.29) is 11.8 Å². The Labute approximate surface area is 334 Å². The molecule has 2 aliphatic rings. The number of hydrogen-bond acceptors (Lipinski definition) is 12. The van der Waals surface area contributed by atoms with Gasteiger partial charge in [-0.05, 0) is 65.2 Å². The van der Waals surface area contributed by atoms with Crippen molar-refractivity contribution in [3.05, 3.63) is 0 Å². The predicted molar refractivity (Wildman–Crippen MR) is 231 cm³/mol. The summed E-state index contributed by atoms with van der Waals surface area (Å²) in [5, 5.41) is 25.2. The summed E-state index contributed by atoms with van der Waals surface area (Å²) in [6.07, 6.45) is 12.1. The SMILES string of the molecule is CC(C)CCCCC1CCSSC(C)(C)C(=O)NC(C(=O)O)CSS1.CC(C)CCCCC1CCSSCC(C(=O)O)NC(=O)C(C)(C)SS1. The maximum Gasteiger partial charge on any atom is 0.327 e. The van der Waals surface area contributed by atoms with Crippen molar-refractivity contribution in [2.24, 2.45) is 11.8 Å². The molecule has 0 spiro atoms. The number of carboxylic acids is 2. The summed E-state index contributed by atoms with van der Waals surface area (Å²) in [6.45, 7) is 16.5. The molecule has 2 fully saturated rings. The highest BCUT2D eigenvalue weighted by atomic mass is 33.1. The van der Waals surface area contributed by atoms with Crippen LogP contribution in [0.2, 0.25) is 0 Å². The minimum atomic E-state index is -0.963. The molecule has 0 bridgehead atoms. The fourth-order valence-electron chi connectivity index (χ4n) is 4.53. The smallest absolute Gasteiger partial charge is 0.327 e. The van der Waals surface area contributed by atoms with Crippen LogP contribution in [0.3, 0.4) is 0 Å². The van der Waals surface area contributed by atoms with E-state index in [1.165, 1.54) is 51.4 Å². The van der Waals surface area contributed by atoms with Crippen molar-refractivity contribution in [2.45, 2.75) is 152 Å². The fourth-order valence-corrected chi connectivity index (χ4v) is 15.5. The first kappa shape index (κ1) is 48.7. The van der Waals surface area contributed by atoms with Gasteiger partial charge in [0, 0.05) is 33.5 Å². The zero-order valence-corrected chi connectivity index (χ0v) is 37.7. The molecular formula is C34H62N2O6S8. The average molecular weight is 851 g/mol. The molecule has 0 radical (unpaired) electrons. The lowest BCUT2D eigenvalue weighted by atomic mass is 10.0. The van der Waals surface area contributed by atoms with Crippen molar-refractivity contribution in [3.63, 3.8) is 0 Å². The van der Waals surface area contributed by atoms with Crippen LogP contribution in [0.1, 0.15) is 120 Å². The molecule has 4 N–H and O–H groups in total. The molecule has 0 aromatic rings. The molecule has 2 rings (SSSR count). The second-order valence-corrected chi connectivity index (χ2v) is 26.0. The largest absolute Gasteiger partial charge is 0.480 e. The van der Waals surface area contributed by atoms with Gasteiger partial charge in [0.1, 0.15) is 12.1 Å². The first-order chi connectivity index (χ1) is 23.4. The van der Waals surface area contributed by atoms with E-state index in [0.29, 0.717) is 22.0 Å². The number of nitrogens with one attached hydrogen (secondary N) is 2. The molecule has 2 heterocycles. The molecule has 0 saturated carbocycles. The zero-order chi connectivity index (χ0) is 37.7. The molecule has 2 saturated heterocycles. The summed E-state index contributed by atoms with van der Waals surface area (Å²) in [5.41, 5.74) is 0. The zero-order valence-electron chi connectivity index (χ0n) is 31.2. The third-order valence-electron chi connectivity index (χ3n) is 7.88. The maximum absolute atomic E-state index is 12.5. The van der Waals surface area contributed by atoms with E-state index in [2.05, 4.69) is 38.3 Å². The van der Waals surface area contributed by atoms with Crippen LogP contribution in [0.25, 0.3) is 0 Å². The average Bonchev–Trinajstić information content (AvgIpc) is 3.02. The lowest BCUT2D eigenvalue weighted by molar-refractivity contribution is -0.141. The van der Waals surface area contributed by atoms with Gasteiger partial charge in [-0.15, -0.1) is 0 Å². The molecule has 0 aromatic carbocycles. The van der Waals surface area contributed by atoms with Crippen LogP contribution in [-0.4, -0.2) is 89.1 Å². The Morgan fingerprint density at radius 2 is 1.10 bits per heavy atom. The number of amides is 2. The Bertz CT molecular complexity index is 1020. The van der Waals surface area contributed by atoms with E-state index >= 15 is 0 Å². The lowest BCUT2D eigenvalue weighted by Crippen LogP contribution is -2.49. The van der Waals surface area contributed by atoms with Crippen LogP contribution in [-0.2, 0) is 19.2 Å². The molecular weight excluding hydrogens is 789 g/mol. The van der Waals surface area contributed by atoms with E-state index < -0.39 is 33.5 Å². The Balaban J connectivity index is 0.000000500. The van der Waals surface area contributed by atoms with Gasteiger partial charge in [-0.25, -0.2) is 9.59 Å². The van der Waals surface area contributed by atoms with Gasteiger partial charge < -0.3 is 20.8 Å². The number of aliphatic carboxylic acids is 2. The number of carbonyl (C=O) groups is 4. The molecule has 4 atom stereocenters. The molecule has 50 heavy (non-hydrogen) atoms. The van der Waals surface area contributed by atoms with Crippen molar-refractivity contribution in [1.29, 1.82) is 0 Å². The second-order valence-electron chi connectivity index (χ2n) is 14.5. The Hall–Kier alpha value is 0.680.